The number of fused-ring (bicyclic) bond motifs is 1. The summed E-state index contributed by atoms with van der Waals surface area (Å²) < 4.78 is 18.6. The second kappa shape index (κ2) is 5.14. The third-order valence-corrected chi connectivity index (χ3v) is 2.64. The lowest BCUT2D eigenvalue weighted by Gasteiger charge is -2.10. The van der Waals surface area contributed by atoms with Gasteiger partial charge in [0.05, 0.1) is 0 Å². The zero-order chi connectivity index (χ0) is 12.3. The molecular formula is C12H14FNO3. The van der Waals surface area contributed by atoms with Gasteiger partial charge in [-0.05, 0) is 12.5 Å². The van der Waals surface area contributed by atoms with Crippen molar-refractivity contribution in [3.63, 3.8) is 0 Å². The average Bonchev–Trinajstić information content (AvgIpc) is 2.75. The zero-order valence-electron chi connectivity index (χ0n) is 9.28. The molecule has 1 aromatic carbocycles. The second-order valence-corrected chi connectivity index (χ2v) is 3.91. The standard InChI is InChI=1S/C12H14FNO3/c13-9-4-1-3-8-7-10(17-11(8)9)12(16)14-5-2-6-15/h1,3-4,10,15H,2,5-7H2,(H,14,16). The molecule has 1 aliphatic rings. The first-order valence-corrected chi connectivity index (χ1v) is 5.55. The summed E-state index contributed by atoms with van der Waals surface area (Å²) in [6.45, 7) is 0.425. The highest BCUT2D eigenvalue weighted by atomic mass is 19.1. The van der Waals surface area contributed by atoms with Crippen LogP contribution in [-0.4, -0.2) is 30.3 Å². The summed E-state index contributed by atoms with van der Waals surface area (Å²) in [5.74, 6) is -0.531. The normalized spacial score (nSPS) is 17.4. The van der Waals surface area contributed by atoms with Gasteiger partial charge in [-0.25, -0.2) is 4.39 Å². The molecule has 1 unspecified atom stereocenters. The highest BCUT2D eigenvalue weighted by Gasteiger charge is 2.30. The Balaban J connectivity index is 1.95. The average molecular weight is 239 g/mol. The predicted molar refractivity (Wildman–Crippen MR) is 59.2 cm³/mol. The molecule has 0 spiro atoms. The smallest absolute Gasteiger partial charge is 0.261 e. The van der Waals surface area contributed by atoms with E-state index in [4.69, 9.17) is 9.84 Å². The van der Waals surface area contributed by atoms with Crippen LogP contribution in [0.25, 0.3) is 0 Å². The molecular weight excluding hydrogens is 225 g/mol. The SMILES string of the molecule is O=C(NCCCO)C1Cc2cccc(F)c2O1. The van der Waals surface area contributed by atoms with Crippen LogP contribution in [0.2, 0.25) is 0 Å². The predicted octanol–water partition coefficient (Wildman–Crippen LogP) is 0.628. The van der Waals surface area contributed by atoms with Crippen molar-refractivity contribution >= 4 is 5.91 Å². The van der Waals surface area contributed by atoms with Crippen LogP contribution >= 0.6 is 0 Å². The molecule has 4 nitrogen and oxygen atoms in total. The Labute approximate surface area is 98.4 Å². The largest absolute Gasteiger partial charge is 0.477 e. The number of aliphatic hydroxyl groups is 1. The van der Waals surface area contributed by atoms with E-state index < -0.39 is 11.9 Å². The van der Waals surface area contributed by atoms with Crippen LogP contribution in [0.1, 0.15) is 12.0 Å². The Hall–Kier alpha value is -1.62. The van der Waals surface area contributed by atoms with E-state index in [2.05, 4.69) is 5.32 Å². The Bertz CT molecular complexity index is 422. The Morgan fingerprint density at radius 1 is 1.59 bits per heavy atom. The summed E-state index contributed by atoms with van der Waals surface area (Å²) in [4.78, 5) is 11.7. The molecule has 0 bridgehead atoms. The minimum Gasteiger partial charge on any atom is -0.477 e. The lowest BCUT2D eigenvalue weighted by Crippen LogP contribution is -2.38. The summed E-state index contributed by atoms with van der Waals surface area (Å²) in [5.41, 5.74) is 0.715. The van der Waals surface area contributed by atoms with Crippen molar-refractivity contribution in [2.24, 2.45) is 0 Å². The number of para-hydroxylation sites is 1. The summed E-state index contributed by atoms with van der Waals surface area (Å²) >= 11 is 0. The van der Waals surface area contributed by atoms with Crippen molar-refractivity contribution in [3.05, 3.63) is 29.6 Å². The molecule has 92 valence electrons. The number of nitrogens with one attached hydrogen (secondary N) is 1. The first kappa shape index (κ1) is 11.9. The summed E-state index contributed by atoms with van der Waals surface area (Å²) in [6.07, 6.45) is 0.221. The van der Waals surface area contributed by atoms with Crippen LogP contribution in [-0.2, 0) is 11.2 Å². The van der Waals surface area contributed by atoms with E-state index in [1.165, 1.54) is 6.07 Å². The van der Waals surface area contributed by atoms with Gasteiger partial charge in [0.15, 0.2) is 17.7 Å². The van der Waals surface area contributed by atoms with Crippen LogP contribution < -0.4 is 10.1 Å². The Kier molecular flexibility index (Phi) is 3.58. The maximum Gasteiger partial charge on any atom is 0.261 e. The van der Waals surface area contributed by atoms with Gasteiger partial charge in [0.25, 0.3) is 5.91 Å². The molecule has 2 N–H and O–H groups in total. The van der Waals surface area contributed by atoms with Gasteiger partial charge >= 0.3 is 0 Å². The highest BCUT2D eigenvalue weighted by molar-refractivity contribution is 5.82. The van der Waals surface area contributed by atoms with Gasteiger partial charge in [0.1, 0.15) is 0 Å². The van der Waals surface area contributed by atoms with Crippen LogP contribution in [0.15, 0.2) is 18.2 Å². The molecule has 0 aromatic heterocycles. The lowest BCUT2D eigenvalue weighted by molar-refractivity contribution is -0.127. The molecule has 1 aliphatic heterocycles. The number of ether oxygens (including phenoxy) is 1. The summed E-state index contributed by atoms with van der Waals surface area (Å²) in [5, 5.41) is 11.2. The van der Waals surface area contributed by atoms with E-state index in [1.807, 2.05) is 0 Å². The number of halogens is 1. The number of rotatable bonds is 4. The second-order valence-electron chi connectivity index (χ2n) is 3.91. The zero-order valence-corrected chi connectivity index (χ0v) is 9.28. The maximum atomic E-state index is 13.3. The molecule has 0 aliphatic carbocycles. The van der Waals surface area contributed by atoms with E-state index in [1.54, 1.807) is 12.1 Å². The molecule has 5 heteroatoms. The lowest BCUT2D eigenvalue weighted by atomic mass is 10.1. The number of carbonyl (C=O) groups excluding carboxylic acids is 1. The third kappa shape index (κ3) is 2.55. The number of carbonyl (C=O) groups is 1. The molecule has 1 atom stereocenters. The maximum absolute atomic E-state index is 13.3. The molecule has 0 fully saturated rings. The minimum atomic E-state index is -0.666. The van der Waals surface area contributed by atoms with Crippen LogP contribution in [0.3, 0.4) is 0 Å². The van der Waals surface area contributed by atoms with Gasteiger partial charge in [0, 0.05) is 25.1 Å². The molecule has 1 aromatic rings. The number of hydrogen-bond acceptors (Lipinski definition) is 3. The monoisotopic (exact) mass is 239 g/mol. The molecule has 17 heavy (non-hydrogen) atoms. The van der Waals surface area contributed by atoms with Gasteiger partial charge in [-0.3, -0.25) is 4.79 Å². The van der Waals surface area contributed by atoms with Crippen molar-refractivity contribution in [2.45, 2.75) is 18.9 Å². The van der Waals surface area contributed by atoms with Gasteiger partial charge in [-0.2, -0.15) is 0 Å². The van der Waals surface area contributed by atoms with E-state index >= 15 is 0 Å². The summed E-state index contributed by atoms with van der Waals surface area (Å²) in [7, 11) is 0. The van der Waals surface area contributed by atoms with Gasteiger partial charge in [-0.15, -0.1) is 0 Å². The fourth-order valence-electron chi connectivity index (χ4n) is 1.78. The van der Waals surface area contributed by atoms with E-state index in [9.17, 15) is 9.18 Å². The molecule has 2 rings (SSSR count). The van der Waals surface area contributed by atoms with Crippen LogP contribution in [0.4, 0.5) is 4.39 Å². The van der Waals surface area contributed by atoms with Crippen molar-refractivity contribution in [2.75, 3.05) is 13.2 Å². The molecule has 0 radical (unpaired) electrons. The fraction of sp³-hybridized carbons (Fsp3) is 0.417. The first-order chi connectivity index (χ1) is 8.22. The Morgan fingerprint density at radius 2 is 2.41 bits per heavy atom. The van der Waals surface area contributed by atoms with E-state index in [0.29, 0.717) is 24.9 Å². The molecule has 1 amide bonds. The number of hydrogen-bond donors (Lipinski definition) is 2. The Morgan fingerprint density at radius 3 is 3.12 bits per heavy atom. The van der Waals surface area contributed by atoms with Gasteiger partial charge < -0.3 is 15.2 Å². The molecule has 1 heterocycles. The minimum absolute atomic E-state index is 0.0284. The number of benzene rings is 1. The molecule has 0 saturated heterocycles. The highest BCUT2D eigenvalue weighted by Crippen LogP contribution is 2.31. The third-order valence-electron chi connectivity index (χ3n) is 2.64. The van der Waals surface area contributed by atoms with Crippen molar-refractivity contribution in [1.82, 2.24) is 5.32 Å². The van der Waals surface area contributed by atoms with Crippen molar-refractivity contribution in [3.8, 4) is 5.75 Å². The quantitative estimate of drug-likeness (QED) is 0.758. The number of aliphatic hydroxyl groups excluding tert-OH is 1. The van der Waals surface area contributed by atoms with Gasteiger partial charge in [-0.1, -0.05) is 12.1 Å². The fourth-order valence-corrected chi connectivity index (χ4v) is 1.78. The first-order valence-electron chi connectivity index (χ1n) is 5.55. The van der Waals surface area contributed by atoms with E-state index in [-0.39, 0.29) is 18.3 Å². The topological polar surface area (TPSA) is 58.6 Å². The molecule has 0 saturated carbocycles. The van der Waals surface area contributed by atoms with E-state index in [0.717, 1.165) is 0 Å². The van der Waals surface area contributed by atoms with Crippen molar-refractivity contribution in [1.29, 1.82) is 0 Å². The summed E-state index contributed by atoms with van der Waals surface area (Å²) in [6, 6.07) is 4.66. The van der Waals surface area contributed by atoms with Crippen LogP contribution in [0.5, 0.6) is 5.75 Å². The number of amides is 1. The van der Waals surface area contributed by atoms with Crippen LogP contribution in [0, 0.1) is 5.82 Å². The van der Waals surface area contributed by atoms with Gasteiger partial charge in [0.2, 0.25) is 0 Å². The van der Waals surface area contributed by atoms with Crippen molar-refractivity contribution < 1.29 is 19.0 Å².